The van der Waals surface area contributed by atoms with Crippen LogP contribution in [0.4, 0.5) is 5.13 Å². The van der Waals surface area contributed by atoms with Crippen molar-refractivity contribution >= 4 is 22.4 Å². The number of furan rings is 1. The van der Waals surface area contributed by atoms with E-state index in [4.69, 9.17) is 4.42 Å². The number of nitrogens with one attached hydrogen (secondary N) is 1. The van der Waals surface area contributed by atoms with Crippen molar-refractivity contribution in [3.05, 3.63) is 41.7 Å². The molecule has 3 rings (SSSR count). The molecule has 0 unspecified atom stereocenters. The van der Waals surface area contributed by atoms with Gasteiger partial charge in [-0.1, -0.05) is 0 Å². The number of thiazole rings is 1. The Morgan fingerprint density at radius 2 is 2.45 bits per heavy atom. The summed E-state index contributed by atoms with van der Waals surface area (Å²) in [6.45, 7) is 2.69. The summed E-state index contributed by atoms with van der Waals surface area (Å²) < 4.78 is 6.96. The van der Waals surface area contributed by atoms with E-state index >= 15 is 0 Å². The summed E-state index contributed by atoms with van der Waals surface area (Å²) in [7, 11) is 0. The van der Waals surface area contributed by atoms with E-state index < -0.39 is 0 Å². The Bertz CT molecular complexity index is 714. The minimum Gasteiger partial charge on any atom is -0.463 e. The SMILES string of the molecule is CCn1cc(C(=O)Nc2nc(-c3ccco3)cs2)cn1. The predicted molar refractivity (Wildman–Crippen MR) is 75.7 cm³/mol. The highest BCUT2D eigenvalue weighted by Crippen LogP contribution is 2.25. The number of aromatic nitrogens is 3. The van der Waals surface area contributed by atoms with Crippen LogP contribution in [0.2, 0.25) is 0 Å². The molecule has 1 N–H and O–H groups in total. The summed E-state index contributed by atoms with van der Waals surface area (Å²) in [4.78, 5) is 16.3. The number of rotatable bonds is 4. The van der Waals surface area contributed by atoms with Crippen LogP contribution in [-0.2, 0) is 6.54 Å². The maximum absolute atomic E-state index is 12.0. The maximum atomic E-state index is 12.0. The van der Waals surface area contributed by atoms with E-state index in [1.165, 1.54) is 11.3 Å². The monoisotopic (exact) mass is 288 g/mol. The summed E-state index contributed by atoms with van der Waals surface area (Å²) >= 11 is 1.35. The van der Waals surface area contributed by atoms with Crippen LogP contribution in [0.1, 0.15) is 17.3 Å². The van der Waals surface area contributed by atoms with E-state index in [9.17, 15) is 4.79 Å². The molecule has 7 heteroatoms. The second-order valence-corrected chi connectivity index (χ2v) is 4.91. The molecule has 0 fully saturated rings. The molecule has 0 aliphatic carbocycles. The van der Waals surface area contributed by atoms with Crippen LogP contribution >= 0.6 is 11.3 Å². The van der Waals surface area contributed by atoms with E-state index in [1.54, 1.807) is 29.4 Å². The van der Waals surface area contributed by atoms with Gasteiger partial charge in [0.2, 0.25) is 0 Å². The molecule has 0 aliphatic rings. The first-order valence-electron chi connectivity index (χ1n) is 6.09. The van der Waals surface area contributed by atoms with Crippen LogP contribution in [0, 0.1) is 0 Å². The molecule has 3 heterocycles. The minimum absolute atomic E-state index is 0.218. The van der Waals surface area contributed by atoms with Crippen LogP contribution in [-0.4, -0.2) is 20.7 Å². The molecule has 1 amide bonds. The van der Waals surface area contributed by atoms with Crippen molar-refractivity contribution in [1.29, 1.82) is 0 Å². The molecule has 102 valence electrons. The maximum Gasteiger partial charge on any atom is 0.260 e. The van der Waals surface area contributed by atoms with E-state index in [-0.39, 0.29) is 5.91 Å². The van der Waals surface area contributed by atoms with Gasteiger partial charge in [0.1, 0.15) is 5.69 Å². The highest BCUT2D eigenvalue weighted by molar-refractivity contribution is 7.14. The third-order valence-electron chi connectivity index (χ3n) is 2.72. The van der Waals surface area contributed by atoms with Gasteiger partial charge in [-0.05, 0) is 19.1 Å². The van der Waals surface area contributed by atoms with Crippen molar-refractivity contribution in [2.45, 2.75) is 13.5 Å². The molecule has 0 aromatic carbocycles. The number of aryl methyl sites for hydroxylation is 1. The summed E-state index contributed by atoms with van der Waals surface area (Å²) in [6.07, 6.45) is 4.84. The van der Waals surface area contributed by atoms with Gasteiger partial charge in [-0.2, -0.15) is 5.10 Å². The van der Waals surface area contributed by atoms with Crippen molar-refractivity contribution in [1.82, 2.24) is 14.8 Å². The highest BCUT2D eigenvalue weighted by Gasteiger charge is 2.12. The van der Waals surface area contributed by atoms with Gasteiger partial charge >= 0.3 is 0 Å². The van der Waals surface area contributed by atoms with Crippen LogP contribution in [0.15, 0.2) is 40.6 Å². The molecule has 0 saturated heterocycles. The van der Waals surface area contributed by atoms with Gasteiger partial charge in [-0.3, -0.25) is 14.8 Å². The predicted octanol–water partition coefficient (Wildman–Crippen LogP) is 2.87. The van der Waals surface area contributed by atoms with Crippen LogP contribution in [0.5, 0.6) is 0 Å². The topological polar surface area (TPSA) is 73.0 Å². The number of nitrogens with zero attached hydrogens (tertiary/aromatic N) is 3. The number of carbonyl (C=O) groups is 1. The quantitative estimate of drug-likeness (QED) is 0.801. The van der Waals surface area contributed by atoms with Crippen molar-refractivity contribution in [2.24, 2.45) is 0 Å². The first-order chi connectivity index (χ1) is 9.76. The second kappa shape index (κ2) is 5.30. The zero-order valence-electron chi connectivity index (χ0n) is 10.7. The fourth-order valence-electron chi connectivity index (χ4n) is 1.69. The molecule has 0 radical (unpaired) electrons. The number of anilines is 1. The van der Waals surface area contributed by atoms with E-state index in [1.807, 2.05) is 18.4 Å². The van der Waals surface area contributed by atoms with Crippen LogP contribution < -0.4 is 5.32 Å². The summed E-state index contributed by atoms with van der Waals surface area (Å²) in [5, 5.41) is 9.19. The second-order valence-electron chi connectivity index (χ2n) is 4.05. The molecule has 0 spiro atoms. The number of hydrogen-bond acceptors (Lipinski definition) is 5. The molecular formula is C13H12N4O2S. The standard InChI is InChI=1S/C13H12N4O2S/c1-2-17-7-9(6-14-17)12(18)16-13-15-10(8-20-13)11-4-3-5-19-11/h3-8H,2H2,1H3,(H,15,16,18). The Kier molecular flexibility index (Phi) is 3.34. The Morgan fingerprint density at radius 3 is 3.15 bits per heavy atom. The summed E-state index contributed by atoms with van der Waals surface area (Å²) in [5.74, 6) is 0.464. The van der Waals surface area contributed by atoms with Crippen LogP contribution in [0.25, 0.3) is 11.5 Å². The number of carbonyl (C=O) groups excluding carboxylic acids is 1. The molecule has 6 nitrogen and oxygen atoms in total. The zero-order chi connectivity index (χ0) is 13.9. The van der Waals surface area contributed by atoms with Crippen molar-refractivity contribution < 1.29 is 9.21 Å². The Hall–Kier alpha value is -2.41. The molecule has 20 heavy (non-hydrogen) atoms. The summed E-state index contributed by atoms with van der Waals surface area (Å²) in [6, 6.07) is 3.62. The third-order valence-corrected chi connectivity index (χ3v) is 3.48. The lowest BCUT2D eigenvalue weighted by Crippen LogP contribution is -2.10. The zero-order valence-corrected chi connectivity index (χ0v) is 11.6. The van der Waals surface area contributed by atoms with Gasteiger partial charge in [0, 0.05) is 18.1 Å². The van der Waals surface area contributed by atoms with Crippen molar-refractivity contribution in [2.75, 3.05) is 5.32 Å². The molecule has 0 aliphatic heterocycles. The van der Waals surface area contributed by atoms with Crippen LogP contribution in [0.3, 0.4) is 0 Å². The van der Waals surface area contributed by atoms with E-state index in [0.717, 1.165) is 6.54 Å². The average Bonchev–Trinajstić information content (AvgIpc) is 3.19. The fourth-order valence-corrected chi connectivity index (χ4v) is 2.39. The largest absolute Gasteiger partial charge is 0.463 e. The molecule has 0 bridgehead atoms. The van der Waals surface area contributed by atoms with Gasteiger partial charge in [-0.15, -0.1) is 11.3 Å². The lowest BCUT2D eigenvalue weighted by atomic mass is 10.3. The molecular weight excluding hydrogens is 276 g/mol. The first-order valence-corrected chi connectivity index (χ1v) is 6.97. The van der Waals surface area contributed by atoms with Gasteiger partial charge in [0.15, 0.2) is 10.9 Å². The molecule has 3 aromatic rings. The third kappa shape index (κ3) is 2.48. The lowest BCUT2D eigenvalue weighted by molar-refractivity contribution is 0.102. The van der Waals surface area contributed by atoms with Gasteiger partial charge in [0.25, 0.3) is 5.91 Å². The van der Waals surface area contributed by atoms with E-state index in [2.05, 4.69) is 15.4 Å². The highest BCUT2D eigenvalue weighted by atomic mass is 32.1. The lowest BCUT2D eigenvalue weighted by Gasteiger charge is -1.97. The van der Waals surface area contributed by atoms with Crippen molar-refractivity contribution in [3.63, 3.8) is 0 Å². The Labute approximate surface area is 119 Å². The molecule has 0 atom stereocenters. The molecule has 0 saturated carbocycles. The van der Waals surface area contributed by atoms with Gasteiger partial charge in [-0.25, -0.2) is 4.98 Å². The minimum atomic E-state index is -0.218. The smallest absolute Gasteiger partial charge is 0.260 e. The normalized spacial score (nSPS) is 10.7. The van der Waals surface area contributed by atoms with E-state index in [0.29, 0.717) is 22.1 Å². The van der Waals surface area contributed by atoms with Crippen molar-refractivity contribution in [3.8, 4) is 11.5 Å². The summed E-state index contributed by atoms with van der Waals surface area (Å²) in [5.41, 5.74) is 1.22. The Morgan fingerprint density at radius 1 is 1.55 bits per heavy atom. The van der Waals surface area contributed by atoms with Gasteiger partial charge in [0.05, 0.1) is 18.0 Å². The molecule has 3 aromatic heterocycles. The number of amides is 1. The number of hydrogen-bond donors (Lipinski definition) is 1. The first kappa shape index (κ1) is 12.6. The Balaban J connectivity index is 1.73. The average molecular weight is 288 g/mol. The van der Waals surface area contributed by atoms with Gasteiger partial charge < -0.3 is 4.42 Å². The fraction of sp³-hybridized carbons (Fsp3) is 0.154.